The lowest BCUT2D eigenvalue weighted by Crippen LogP contribution is -2.69. The molecule has 3 heterocycles. The van der Waals surface area contributed by atoms with Crippen molar-refractivity contribution in [3.8, 4) is 0 Å². The molecular formula is C43H66O19S. The van der Waals surface area contributed by atoms with E-state index in [2.05, 4.69) is 11.1 Å². The zero-order valence-corrected chi connectivity index (χ0v) is 38.2. The van der Waals surface area contributed by atoms with Crippen molar-refractivity contribution in [3.05, 3.63) is 11.6 Å². The Hall–Kier alpha value is -2.18. The number of aliphatic hydroxyl groups is 6. The molecule has 0 radical (unpaired) electrons. The van der Waals surface area contributed by atoms with Gasteiger partial charge in [-0.1, -0.05) is 39.3 Å². The topological polar surface area (TPSA) is 292 Å². The third-order valence-corrected chi connectivity index (χ3v) is 17.2. The number of allylic oxidation sites excluding steroid dienone is 1. The van der Waals surface area contributed by atoms with Crippen molar-refractivity contribution in [1.29, 1.82) is 0 Å². The Balaban J connectivity index is 1.15. The molecule has 0 aromatic rings. The maximum Gasteiger partial charge on any atom is 0.397 e. The summed E-state index contributed by atoms with van der Waals surface area (Å²) in [5.41, 5.74) is -8.18. The zero-order chi connectivity index (χ0) is 46.8. The van der Waals surface area contributed by atoms with Gasteiger partial charge in [-0.2, -0.15) is 8.42 Å². The number of ketones is 1. The van der Waals surface area contributed by atoms with Crippen LogP contribution in [-0.4, -0.2) is 152 Å². The summed E-state index contributed by atoms with van der Waals surface area (Å²) in [6.07, 6.45) is -12.1. The van der Waals surface area contributed by atoms with Crippen LogP contribution in [0.1, 0.15) is 114 Å². The number of Topliss-reactive ketones (excluding diaryl/α,β-unsaturated/α-hetero) is 1. The largest absolute Gasteiger partial charge is 0.460 e. The molecule has 6 fully saturated rings. The number of ether oxygens (including phenoxy) is 6. The fourth-order valence-corrected chi connectivity index (χ4v) is 13.8. The van der Waals surface area contributed by atoms with Crippen LogP contribution in [-0.2, 0) is 57.4 Å². The second-order valence-corrected chi connectivity index (χ2v) is 22.0. The Morgan fingerprint density at radius 3 is 2.21 bits per heavy atom. The average molecular weight is 919 g/mol. The Labute approximate surface area is 367 Å². The number of aliphatic hydroxyl groups excluding tert-OH is 5. The van der Waals surface area contributed by atoms with Gasteiger partial charge in [-0.15, -0.1) is 0 Å². The summed E-state index contributed by atoms with van der Waals surface area (Å²) in [6, 6.07) is 0. The highest BCUT2D eigenvalue weighted by Crippen LogP contribution is 2.77. The molecule has 63 heavy (non-hydrogen) atoms. The Bertz CT molecular complexity index is 1970. The van der Waals surface area contributed by atoms with E-state index in [0.717, 1.165) is 5.57 Å². The summed E-state index contributed by atoms with van der Waals surface area (Å²) in [5.74, 6) is -2.26. The maximum atomic E-state index is 14.5. The molecule has 1 spiro atoms. The first kappa shape index (κ1) is 48.7. The third-order valence-electron chi connectivity index (χ3n) is 16.7. The van der Waals surface area contributed by atoms with E-state index in [9.17, 15) is 58.0 Å². The van der Waals surface area contributed by atoms with E-state index in [1.165, 1.54) is 20.8 Å². The van der Waals surface area contributed by atoms with Crippen molar-refractivity contribution in [1.82, 2.24) is 0 Å². The van der Waals surface area contributed by atoms with E-state index in [0.29, 0.717) is 32.1 Å². The molecule has 19 nitrogen and oxygen atoms in total. The maximum absolute atomic E-state index is 14.5. The van der Waals surface area contributed by atoms with Gasteiger partial charge in [0.15, 0.2) is 24.0 Å². The summed E-state index contributed by atoms with van der Waals surface area (Å²) in [7, 11) is -5.07. The number of carbonyl (C=O) groups excluding carboxylic acids is 3. The van der Waals surface area contributed by atoms with Gasteiger partial charge >= 0.3 is 22.3 Å². The Morgan fingerprint density at radius 1 is 0.905 bits per heavy atom. The molecule has 7 rings (SSSR count). The van der Waals surface area contributed by atoms with Crippen molar-refractivity contribution in [2.45, 2.75) is 198 Å². The first-order valence-electron chi connectivity index (χ1n) is 22.0. The number of cyclic esters (lactones) is 1. The van der Waals surface area contributed by atoms with E-state index in [-0.39, 0.29) is 31.1 Å². The monoisotopic (exact) mass is 918 g/mol. The van der Waals surface area contributed by atoms with Crippen LogP contribution in [0.3, 0.4) is 0 Å². The van der Waals surface area contributed by atoms with Crippen LogP contribution in [0.5, 0.6) is 0 Å². The summed E-state index contributed by atoms with van der Waals surface area (Å²) in [5, 5.41) is 68.1. The summed E-state index contributed by atoms with van der Waals surface area (Å²) in [6.45, 7) is 15.0. The first-order valence-corrected chi connectivity index (χ1v) is 23.3. The Kier molecular flexibility index (Phi) is 12.4. The lowest BCUT2D eigenvalue weighted by atomic mass is 9.40. The summed E-state index contributed by atoms with van der Waals surface area (Å²) in [4.78, 5) is 40.3. The normalized spacial score (nSPS) is 48.2. The molecule has 0 aromatic carbocycles. The van der Waals surface area contributed by atoms with E-state index < -0.39 is 141 Å². The summed E-state index contributed by atoms with van der Waals surface area (Å²) >= 11 is 0. The van der Waals surface area contributed by atoms with E-state index in [1.54, 1.807) is 19.9 Å². The van der Waals surface area contributed by atoms with Gasteiger partial charge in [0.25, 0.3) is 0 Å². The number of esters is 2. The number of hydrogen-bond acceptors (Lipinski definition) is 18. The van der Waals surface area contributed by atoms with Gasteiger partial charge in [-0.25, -0.2) is 4.18 Å². The van der Waals surface area contributed by atoms with Crippen molar-refractivity contribution >= 4 is 28.1 Å². The minimum Gasteiger partial charge on any atom is -0.460 e. The molecule has 18 atom stereocenters. The highest BCUT2D eigenvalue weighted by Gasteiger charge is 2.87. The SMILES string of the molecule is CC(=O)OC(C)(C)CCC(=O)C1(C)OC(=O)C23C(O)C=C4C(CCC5C4(C)CCC(OC4OCC(OS(=O)(=O)O)C(O)C4OC4OC(C)C(O)C(O)C4O)C5(C)C)C2(C)CCC13O. The van der Waals surface area contributed by atoms with Gasteiger partial charge in [0.05, 0.1) is 24.9 Å². The minimum atomic E-state index is -5.07. The predicted octanol–water partition coefficient (Wildman–Crippen LogP) is 1.17. The predicted molar refractivity (Wildman–Crippen MR) is 215 cm³/mol. The minimum absolute atomic E-state index is 0.0229. The fourth-order valence-electron chi connectivity index (χ4n) is 13.4. The molecule has 0 amide bonds. The highest BCUT2D eigenvalue weighted by atomic mass is 32.3. The van der Waals surface area contributed by atoms with Gasteiger partial charge in [-0.3, -0.25) is 18.9 Å². The molecule has 3 saturated heterocycles. The van der Waals surface area contributed by atoms with Crippen molar-refractivity contribution in [2.24, 2.45) is 33.5 Å². The van der Waals surface area contributed by atoms with Crippen molar-refractivity contribution in [2.75, 3.05) is 6.61 Å². The molecule has 4 aliphatic carbocycles. The van der Waals surface area contributed by atoms with Crippen LogP contribution in [0.25, 0.3) is 0 Å². The van der Waals surface area contributed by atoms with Crippen molar-refractivity contribution in [3.63, 3.8) is 0 Å². The van der Waals surface area contributed by atoms with Gasteiger partial charge in [0.1, 0.15) is 53.2 Å². The van der Waals surface area contributed by atoms with Gasteiger partial charge < -0.3 is 59.1 Å². The van der Waals surface area contributed by atoms with Crippen LogP contribution < -0.4 is 0 Å². The summed E-state index contributed by atoms with van der Waals surface area (Å²) < 4.78 is 72.9. The van der Waals surface area contributed by atoms with Crippen LogP contribution in [0.2, 0.25) is 0 Å². The van der Waals surface area contributed by atoms with Crippen LogP contribution >= 0.6 is 0 Å². The van der Waals surface area contributed by atoms with E-state index >= 15 is 0 Å². The van der Waals surface area contributed by atoms with Gasteiger partial charge in [-0.05, 0) is 101 Å². The molecule has 18 unspecified atom stereocenters. The Morgan fingerprint density at radius 2 is 1.57 bits per heavy atom. The van der Waals surface area contributed by atoms with Crippen LogP contribution in [0, 0.1) is 33.5 Å². The molecule has 3 aliphatic heterocycles. The lowest BCUT2D eigenvalue weighted by Gasteiger charge is -2.64. The molecule has 0 aromatic heterocycles. The lowest BCUT2D eigenvalue weighted by molar-refractivity contribution is -0.362. The molecule has 3 saturated carbocycles. The smallest absolute Gasteiger partial charge is 0.397 e. The number of rotatable bonds is 11. The highest BCUT2D eigenvalue weighted by molar-refractivity contribution is 7.80. The fraction of sp³-hybridized carbons (Fsp3) is 0.884. The molecule has 358 valence electrons. The van der Waals surface area contributed by atoms with Crippen LogP contribution in [0.15, 0.2) is 11.6 Å². The number of hydrogen-bond donors (Lipinski definition) is 7. The molecule has 20 heteroatoms. The first-order chi connectivity index (χ1) is 28.9. The number of fused-ring (bicyclic) bond motifs is 4. The van der Waals surface area contributed by atoms with E-state index in [4.69, 9.17) is 28.4 Å². The van der Waals surface area contributed by atoms with Gasteiger partial charge in [0.2, 0.25) is 0 Å². The number of carbonyl (C=O) groups is 3. The third kappa shape index (κ3) is 7.36. The van der Waals surface area contributed by atoms with Gasteiger partial charge in [0, 0.05) is 13.3 Å². The molecular weight excluding hydrogens is 853 g/mol. The molecule has 7 N–H and O–H groups in total. The standard InChI is InChI=1S/C43H66O19S/c1-20-29(47)31(49)32(50)34(57-20)59-33-30(48)24(62-63(53,54)55)19-56-35(33)58-28-13-15-39(7)23-18-27(46)43-36(51)61-41(9,26(45)12-14-37(3,4)60-21(2)44)42(43,52)17-16-40(43,8)22(23)10-11-25(39)38(28,5)6/h18,20,22,24-25,27-35,46-50,52H,10-17,19H2,1-9H3,(H,53,54,55). The van der Waals surface area contributed by atoms with E-state index in [1.807, 2.05) is 20.8 Å². The second kappa shape index (κ2) is 16.0. The zero-order valence-electron chi connectivity index (χ0n) is 37.4. The molecule has 7 aliphatic rings. The average Bonchev–Trinajstić information content (AvgIpc) is 3.54. The molecule has 0 bridgehead atoms. The second-order valence-electron chi connectivity index (χ2n) is 21.0. The van der Waals surface area contributed by atoms with Crippen molar-refractivity contribution < 1.29 is 90.6 Å². The van der Waals surface area contributed by atoms with Crippen LogP contribution in [0.4, 0.5) is 0 Å². The quantitative estimate of drug-likeness (QED) is 0.0662.